The number of hydrogen-bond donors (Lipinski definition) is 1. The number of methoxy groups -OCH3 is 1. The maximum Gasteiger partial charge on any atom is 0.283 e. The van der Waals surface area contributed by atoms with Gasteiger partial charge < -0.3 is 10.1 Å². The molecule has 1 N–H and O–H groups in total. The van der Waals surface area contributed by atoms with Crippen LogP contribution in [0.2, 0.25) is 0 Å². The second-order valence-corrected chi connectivity index (χ2v) is 5.72. The lowest BCUT2D eigenvalue weighted by molar-refractivity contribution is 0.181. The summed E-state index contributed by atoms with van der Waals surface area (Å²) in [6, 6.07) is 0.493. The molecule has 0 spiro atoms. The van der Waals surface area contributed by atoms with E-state index in [9.17, 15) is 4.79 Å². The molecule has 0 radical (unpaired) electrons. The molecule has 1 heterocycles. The van der Waals surface area contributed by atoms with Crippen molar-refractivity contribution in [1.82, 2.24) is 9.78 Å². The highest BCUT2D eigenvalue weighted by atomic mass is 79.9. The SMILES string of the molecule is CCCC1CC1Nc1cnn(CCOC)c(=O)c1Br. The molecule has 1 aromatic rings. The van der Waals surface area contributed by atoms with Crippen molar-refractivity contribution in [2.45, 2.75) is 38.8 Å². The largest absolute Gasteiger partial charge is 0.383 e. The molecular weight excluding hydrogens is 310 g/mol. The average molecular weight is 330 g/mol. The summed E-state index contributed by atoms with van der Waals surface area (Å²) >= 11 is 3.36. The van der Waals surface area contributed by atoms with E-state index in [-0.39, 0.29) is 5.56 Å². The quantitative estimate of drug-likeness (QED) is 0.833. The molecule has 1 aliphatic rings. The van der Waals surface area contributed by atoms with Crippen molar-refractivity contribution in [3.8, 4) is 0 Å². The van der Waals surface area contributed by atoms with Crippen molar-refractivity contribution >= 4 is 21.6 Å². The zero-order valence-corrected chi connectivity index (χ0v) is 12.9. The second-order valence-electron chi connectivity index (χ2n) is 4.93. The number of hydrogen-bond acceptors (Lipinski definition) is 4. The summed E-state index contributed by atoms with van der Waals surface area (Å²) in [5.74, 6) is 0.743. The predicted octanol–water partition coefficient (Wildman–Crippen LogP) is 2.25. The molecule has 6 heteroatoms. The first-order chi connectivity index (χ1) is 9.17. The summed E-state index contributed by atoms with van der Waals surface area (Å²) < 4.78 is 6.92. The maximum absolute atomic E-state index is 12.1. The summed E-state index contributed by atoms with van der Waals surface area (Å²) in [4.78, 5) is 12.1. The highest BCUT2D eigenvalue weighted by molar-refractivity contribution is 9.10. The first-order valence-electron chi connectivity index (χ1n) is 6.68. The van der Waals surface area contributed by atoms with Gasteiger partial charge in [-0.15, -0.1) is 0 Å². The van der Waals surface area contributed by atoms with Gasteiger partial charge in [-0.1, -0.05) is 13.3 Å². The third-order valence-electron chi connectivity index (χ3n) is 3.42. The Labute approximate surface area is 121 Å². The van der Waals surface area contributed by atoms with Crippen molar-refractivity contribution in [2.24, 2.45) is 5.92 Å². The van der Waals surface area contributed by atoms with Gasteiger partial charge in [-0.25, -0.2) is 4.68 Å². The molecule has 106 valence electrons. The van der Waals surface area contributed by atoms with Gasteiger partial charge in [0, 0.05) is 13.2 Å². The third-order valence-corrected chi connectivity index (χ3v) is 4.18. The lowest BCUT2D eigenvalue weighted by atomic mass is 10.2. The molecule has 1 saturated carbocycles. The molecule has 0 bridgehead atoms. The summed E-state index contributed by atoms with van der Waals surface area (Å²) in [5, 5.41) is 7.55. The molecule has 1 aromatic heterocycles. The summed E-state index contributed by atoms with van der Waals surface area (Å²) in [6.45, 7) is 3.15. The fraction of sp³-hybridized carbons (Fsp3) is 0.692. The van der Waals surface area contributed by atoms with Crippen molar-refractivity contribution in [1.29, 1.82) is 0 Å². The first kappa shape index (κ1) is 14.5. The Morgan fingerprint density at radius 3 is 3.11 bits per heavy atom. The highest BCUT2D eigenvalue weighted by Gasteiger charge is 2.36. The molecule has 0 aromatic carbocycles. The van der Waals surface area contributed by atoms with E-state index in [0.717, 1.165) is 11.6 Å². The van der Waals surface area contributed by atoms with Gasteiger partial charge in [-0.2, -0.15) is 5.10 Å². The van der Waals surface area contributed by atoms with E-state index in [1.54, 1.807) is 13.3 Å². The molecule has 19 heavy (non-hydrogen) atoms. The fourth-order valence-electron chi connectivity index (χ4n) is 2.22. The molecule has 5 nitrogen and oxygen atoms in total. The molecule has 2 unspecified atom stereocenters. The lowest BCUT2D eigenvalue weighted by Crippen LogP contribution is -2.26. The first-order valence-corrected chi connectivity index (χ1v) is 7.47. The second kappa shape index (κ2) is 6.52. The highest BCUT2D eigenvalue weighted by Crippen LogP contribution is 2.37. The Kier molecular flexibility index (Phi) is 4.99. The van der Waals surface area contributed by atoms with Gasteiger partial charge in [-0.05, 0) is 34.7 Å². The van der Waals surface area contributed by atoms with E-state index >= 15 is 0 Å². The number of nitrogens with one attached hydrogen (secondary N) is 1. The third kappa shape index (κ3) is 3.57. The van der Waals surface area contributed by atoms with Crippen LogP contribution in [0.1, 0.15) is 26.2 Å². The predicted molar refractivity (Wildman–Crippen MR) is 78.5 cm³/mol. The minimum atomic E-state index is -0.116. The van der Waals surface area contributed by atoms with Crippen LogP contribution in [0.25, 0.3) is 0 Å². The van der Waals surface area contributed by atoms with Crippen LogP contribution in [0.4, 0.5) is 5.69 Å². The number of ether oxygens (including phenoxy) is 1. The zero-order chi connectivity index (χ0) is 13.8. The molecule has 2 atom stereocenters. The van der Waals surface area contributed by atoms with Gasteiger partial charge in [0.25, 0.3) is 5.56 Å². The van der Waals surface area contributed by atoms with Crippen LogP contribution in [0.5, 0.6) is 0 Å². The number of nitrogens with zero attached hydrogens (tertiary/aromatic N) is 2. The van der Waals surface area contributed by atoms with Crippen LogP contribution in [-0.2, 0) is 11.3 Å². The van der Waals surface area contributed by atoms with E-state index in [0.29, 0.717) is 23.7 Å². The number of aromatic nitrogens is 2. The van der Waals surface area contributed by atoms with Gasteiger partial charge in [-0.3, -0.25) is 4.79 Å². The van der Waals surface area contributed by atoms with E-state index in [2.05, 4.69) is 33.3 Å². The summed E-state index contributed by atoms with van der Waals surface area (Å²) in [6.07, 6.45) is 5.35. The molecule has 0 aliphatic heterocycles. The van der Waals surface area contributed by atoms with Gasteiger partial charge in [0.2, 0.25) is 0 Å². The molecule has 0 amide bonds. The Morgan fingerprint density at radius 1 is 1.63 bits per heavy atom. The fourth-order valence-corrected chi connectivity index (χ4v) is 2.64. The monoisotopic (exact) mass is 329 g/mol. The van der Waals surface area contributed by atoms with Crippen molar-refractivity contribution in [2.75, 3.05) is 19.0 Å². The zero-order valence-electron chi connectivity index (χ0n) is 11.4. The van der Waals surface area contributed by atoms with Gasteiger partial charge in [0.05, 0.1) is 25.0 Å². The topological polar surface area (TPSA) is 56.1 Å². The standard InChI is InChI=1S/C13H20BrN3O2/c1-3-4-9-7-10(9)16-11-8-15-17(5-6-19-2)13(18)12(11)14/h8-10,16H,3-7H2,1-2H3. The minimum Gasteiger partial charge on any atom is -0.383 e. The van der Waals surface area contributed by atoms with Gasteiger partial charge >= 0.3 is 0 Å². The van der Waals surface area contributed by atoms with Gasteiger partial charge in [0.15, 0.2) is 0 Å². The minimum absolute atomic E-state index is 0.116. The molecule has 1 aliphatic carbocycles. The summed E-state index contributed by atoms with van der Waals surface area (Å²) in [5.41, 5.74) is 0.678. The van der Waals surface area contributed by atoms with Crippen LogP contribution < -0.4 is 10.9 Å². The molecule has 0 saturated heterocycles. The Balaban J connectivity index is 2.03. The van der Waals surface area contributed by atoms with E-state index < -0.39 is 0 Å². The molecule has 2 rings (SSSR count). The van der Waals surface area contributed by atoms with Crippen molar-refractivity contribution < 1.29 is 4.74 Å². The van der Waals surface area contributed by atoms with E-state index in [1.807, 2.05) is 0 Å². The van der Waals surface area contributed by atoms with Gasteiger partial charge in [0.1, 0.15) is 4.47 Å². The average Bonchev–Trinajstić information content (AvgIpc) is 3.13. The summed E-state index contributed by atoms with van der Waals surface area (Å²) in [7, 11) is 1.61. The van der Waals surface area contributed by atoms with Crippen LogP contribution in [0.3, 0.4) is 0 Å². The van der Waals surface area contributed by atoms with E-state index in [1.165, 1.54) is 23.9 Å². The van der Waals surface area contributed by atoms with Crippen LogP contribution in [0, 0.1) is 5.92 Å². The number of halogens is 1. The normalized spacial score (nSPS) is 21.4. The van der Waals surface area contributed by atoms with Crippen LogP contribution in [-0.4, -0.2) is 29.5 Å². The Hall–Kier alpha value is -0.880. The van der Waals surface area contributed by atoms with Crippen molar-refractivity contribution in [3.63, 3.8) is 0 Å². The molecule has 1 fully saturated rings. The number of anilines is 1. The smallest absolute Gasteiger partial charge is 0.283 e. The Morgan fingerprint density at radius 2 is 2.42 bits per heavy atom. The van der Waals surface area contributed by atoms with Crippen LogP contribution >= 0.6 is 15.9 Å². The van der Waals surface area contributed by atoms with Crippen LogP contribution in [0.15, 0.2) is 15.5 Å². The Bertz CT molecular complexity index is 489. The lowest BCUT2D eigenvalue weighted by Gasteiger charge is -2.10. The maximum atomic E-state index is 12.1. The molecular formula is C13H20BrN3O2. The van der Waals surface area contributed by atoms with Crippen molar-refractivity contribution in [3.05, 3.63) is 21.0 Å². The van der Waals surface area contributed by atoms with E-state index in [4.69, 9.17) is 4.74 Å². The number of rotatable bonds is 7.